The fraction of sp³-hybridized carbons (Fsp3) is 0.333. The number of nitrogen functional groups attached to an aromatic ring is 1. The fourth-order valence-corrected chi connectivity index (χ4v) is 1.53. The van der Waals surface area contributed by atoms with Crippen molar-refractivity contribution < 1.29 is 0 Å². The van der Waals surface area contributed by atoms with Gasteiger partial charge in [-0.3, -0.25) is 0 Å². The van der Waals surface area contributed by atoms with Crippen LogP contribution in [0.3, 0.4) is 0 Å². The first kappa shape index (κ1) is 9.26. The number of aryl methyl sites for hydroxylation is 1. The smallest absolute Gasteiger partial charge is 0.0492 e. The van der Waals surface area contributed by atoms with Crippen LogP contribution in [0.1, 0.15) is 11.1 Å². The van der Waals surface area contributed by atoms with Crippen LogP contribution in [-0.4, -0.2) is 6.26 Å². The molecule has 0 spiro atoms. The molecule has 0 amide bonds. The highest BCUT2D eigenvalue weighted by atomic mass is 32.2. The van der Waals surface area contributed by atoms with Gasteiger partial charge in [-0.2, -0.15) is 0 Å². The number of hydrogen-bond acceptors (Lipinski definition) is 3. The number of hydrogen-bond donors (Lipinski definition) is 2. The van der Waals surface area contributed by atoms with Gasteiger partial charge in [-0.15, -0.1) is 0 Å². The summed E-state index contributed by atoms with van der Waals surface area (Å²) in [7, 11) is 0. The molecule has 0 aliphatic heterocycles. The molecule has 0 unspecified atom stereocenters. The van der Waals surface area contributed by atoms with Crippen LogP contribution in [0.25, 0.3) is 0 Å². The monoisotopic (exact) mass is 182 g/mol. The number of anilines is 2. The first-order valence-electron chi connectivity index (χ1n) is 3.81. The topological polar surface area (TPSA) is 38.0 Å². The van der Waals surface area contributed by atoms with Gasteiger partial charge < -0.3 is 10.5 Å². The van der Waals surface area contributed by atoms with Crippen molar-refractivity contribution in [3.8, 4) is 0 Å². The Kier molecular flexibility index (Phi) is 2.87. The minimum Gasteiger partial charge on any atom is -0.398 e. The van der Waals surface area contributed by atoms with E-state index in [0.29, 0.717) is 0 Å². The Balaban J connectivity index is 3.09. The van der Waals surface area contributed by atoms with E-state index >= 15 is 0 Å². The number of rotatable bonds is 2. The van der Waals surface area contributed by atoms with E-state index in [9.17, 15) is 0 Å². The molecule has 0 heterocycles. The summed E-state index contributed by atoms with van der Waals surface area (Å²) < 4.78 is 3.19. The van der Waals surface area contributed by atoms with Gasteiger partial charge in [0.15, 0.2) is 0 Å². The molecule has 0 fully saturated rings. The zero-order valence-electron chi connectivity index (χ0n) is 7.64. The first-order chi connectivity index (χ1) is 5.65. The Hall–Kier alpha value is -0.830. The van der Waals surface area contributed by atoms with Crippen LogP contribution < -0.4 is 10.5 Å². The summed E-state index contributed by atoms with van der Waals surface area (Å²) in [5.41, 5.74) is 10.1. The SMILES string of the molecule is CSNc1cc(C)cc(N)c1C. The molecule has 0 atom stereocenters. The summed E-state index contributed by atoms with van der Waals surface area (Å²) >= 11 is 1.58. The van der Waals surface area contributed by atoms with Gasteiger partial charge in [-0.25, -0.2) is 0 Å². The second-order valence-electron chi connectivity index (χ2n) is 2.83. The predicted molar refractivity (Wildman–Crippen MR) is 57.5 cm³/mol. The molecule has 0 aliphatic carbocycles. The van der Waals surface area contributed by atoms with Crippen LogP contribution in [0.2, 0.25) is 0 Å². The maximum atomic E-state index is 5.80. The zero-order chi connectivity index (χ0) is 9.14. The molecular formula is C9H14N2S. The zero-order valence-corrected chi connectivity index (χ0v) is 8.46. The van der Waals surface area contributed by atoms with Crippen LogP contribution in [0.5, 0.6) is 0 Å². The van der Waals surface area contributed by atoms with Crippen molar-refractivity contribution in [2.75, 3.05) is 16.7 Å². The Labute approximate surface area is 77.7 Å². The second-order valence-corrected chi connectivity index (χ2v) is 3.45. The van der Waals surface area contributed by atoms with Crippen molar-refractivity contribution >= 4 is 23.3 Å². The van der Waals surface area contributed by atoms with Gasteiger partial charge in [-0.05, 0) is 37.1 Å². The highest BCUT2D eigenvalue weighted by Crippen LogP contribution is 2.24. The van der Waals surface area contributed by atoms with E-state index in [-0.39, 0.29) is 0 Å². The number of benzene rings is 1. The predicted octanol–water partition coefficient (Wildman–Crippen LogP) is 2.58. The molecule has 0 saturated carbocycles. The Bertz CT molecular complexity index is 284. The maximum Gasteiger partial charge on any atom is 0.0492 e. The van der Waals surface area contributed by atoms with Crippen LogP contribution >= 0.6 is 11.9 Å². The quantitative estimate of drug-likeness (QED) is 0.545. The second kappa shape index (κ2) is 3.72. The minimum atomic E-state index is 0.853. The summed E-state index contributed by atoms with van der Waals surface area (Å²) in [6, 6.07) is 4.09. The molecule has 0 radical (unpaired) electrons. The third-order valence-electron chi connectivity index (χ3n) is 1.80. The Morgan fingerprint density at radius 3 is 2.58 bits per heavy atom. The summed E-state index contributed by atoms with van der Waals surface area (Å²) in [5, 5.41) is 0. The van der Waals surface area contributed by atoms with E-state index in [1.54, 1.807) is 11.9 Å². The lowest BCUT2D eigenvalue weighted by Gasteiger charge is -2.09. The largest absolute Gasteiger partial charge is 0.398 e. The van der Waals surface area contributed by atoms with Crippen molar-refractivity contribution in [3.05, 3.63) is 23.3 Å². The first-order valence-corrected chi connectivity index (χ1v) is 5.03. The summed E-state index contributed by atoms with van der Waals surface area (Å²) in [4.78, 5) is 0. The van der Waals surface area contributed by atoms with Gasteiger partial charge in [0.2, 0.25) is 0 Å². The van der Waals surface area contributed by atoms with Gasteiger partial charge in [0.05, 0.1) is 0 Å². The molecule has 0 aromatic heterocycles. The van der Waals surface area contributed by atoms with Gasteiger partial charge in [0.1, 0.15) is 0 Å². The van der Waals surface area contributed by atoms with Gasteiger partial charge in [0.25, 0.3) is 0 Å². The summed E-state index contributed by atoms with van der Waals surface area (Å²) in [5.74, 6) is 0. The molecule has 66 valence electrons. The molecule has 2 nitrogen and oxygen atoms in total. The maximum absolute atomic E-state index is 5.80. The molecule has 1 aromatic rings. The molecule has 3 N–H and O–H groups in total. The number of nitrogens with two attached hydrogens (primary N) is 1. The van der Waals surface area contributed by atoms with E-state index in [0.717, 1.165) is 16.9 Å². The average Bonchev–Trinajstić information content (AvgIpc) is 2.00. The molecule has 12 heavy (non-hydrogen) atoms. The fourth-order valence-electron chi connectivity index (χ4n) is 1.10. The normalized spacial score (nSPS) is 9.92. The Morgan fingerprint density at radius 1 is 1.33 bits per heavy atom. The third kappa shape index (κ3) is 1.85. The lowest BCUT2D eigenvalue weighted by atomic mass is 10.1. The average molecular weight is 182 g/mol. The lowest BCUT2D eigenvalue weighted by Crippen LogP contribution is -1.96. The summed E-state index contributed by atoms with van der Waals surface area (Å²) in [6.07, 6.45) is 2.00. The van der Waals surface area contributed by atoms with E-state index in [4.69, 9.17) is 5.73 Å². The van der Waals surface area contributed by atoms with Crippen molar-refractivity contribution in [2.45, 2.75) is 13.8 Å². The van der Waals surface area contributed by atoms with Crippen LogP contribution in [0.15, 0.2) is 12.1 Å². The number of nitrogens with one attached hydrogen (secondary N) is 1. The highest BCUT2D eigenvalue weighted by molar-refractivity contribution is 7.99. The van der Waals surface area contributed by atoms with E-state index in [2.05, 4.69) is 10.8 Å². The van der Waals surface area contributed by atoms with Crippen molar-refractivity contribution in [3.63, 3.8) is 0 Å². The van der Waals surface area contributed by atoms with Gasteiger partial charge in [-0.1, -0.05) is 11.9 Å². The van der Waals surface area contributed by atoms with E-state index in [1.165, 1.54) is 5.56 Å². The van der Waals surface area contributed by atoms with Crippen LogP contribution in [0, 0.1) is 13.8 Å². The van der Waals surface area contributed by atoms with Gasteiger partial charge >= 0.3 is 0 Å². The Morgan fingerprint density at radius 2 is 2.00 bits per heavy atom. The van der Waals surface area contributed by atoms with Crippen molar-refractivity contribution in [2.24, 2.45) is 0 Å². The molecule has 3 heteroatoms. The minimum absolute atomic E-state index is 0.853. The van der Waals surface area contributed by atoms with Crippen LogP contribution in [0.4, 0.5) is 11.4 Å². The molecule has 0 aliphatic rings. The van der Waals surface area contributed by atoms with Crippen LogP contribution in [-0.2, 0) is 0 Å². The summed E-state index contributed by atoms with van der Waals surface area (Å²) in [6.45, 7) is 4.06. The van der Waals surface area contributed by atoms with E-state index < -0.39 is 0 Å². The molecule has 1 rings (SSSR count). The third-order valence-corrected chi connectivity index (χ3v) is 2.23. The molecular weight excluding hydrogens is 168 g/mol. The van der Waals surface area contributed by atoms with E-state index in [1.807, 2.05) is 26.2 Å². The standard InChI is InChI=1S/C9H14N2S/c1-6-4-8(10)7(2)9(5-6)11-12-3/h4-5,11H,10H2,1-3H3. The van der Waals surface area contributed by atoms with Crippen molar-refractivity contribution in [1.82, 2.24) is 0 Å². The molecule has 0 saturated heterocycles. The molecule has 0 bridgehead atoms. The van der Waals surface area contributed by atoms with Crippen molar-refractivity contribution in [1.29, 1.82) is 0 Å². The molecule has 1 aromatic carbocycles. The van der Waals surface area contributed by atoms with Gasteiger partial charge in [0, 0.05) is 17.6 Å². The lowest BCUT2D eigenvalue weighted by molar-refractivity contribution is 1.40. The highest BCUT2D eigenvalue weighted by Gasteiger charge is 2.01.